The van der Waals surface area contributed by atoms with Crippen LogP contribution in [-0.4, -0.2) is 10.7 Å². The van der Waals surface area contributed by atoms with Gasteiger partial charge in [0, 0.05) is 5.92 Å². The number of rotatable bonds is 4. The molecule has 0 radical (unpaired) electrons. The number of benzene rings is 1. The molecule has 0 bridgehead atoms. The lowest BCUT2D eigenvalue weighted by molar-refractivity contribution is -0.0241. The fourth-order valence-corrected chi connectivity index (χ4v) is 4.18. The number of aliphatic hydroxyl groups is 1. The summed E-state index contributed by atoms with van der Waals surface area (Å²) in [5.41, 5.74) is 2.14. The fourth-order valence-electron chi connectivity index (χ4n) is 3.48. The summed E-state index contributed by atoms with van der Waals surface area (Å²) in [5.74, 6) is 0.302. The van der Waals surface area contributed by atoms with Gasteiger partial charge >= 0.3 is 0 Å². The normalized spacial score (nSPS) is 26.6. The van der Waals surface area contributed by atoms with Gasteiger partial charge in [-0.25, -0.2) is 0 Å². The molecule has 2 aromatic rings. The van der Waals surface area contributed by atoms with Crippen molar-refractivity contribution in [2.75, 3.05) is 0 Å². The molecule has 20 heavy (non-hydrogen) atoms. The highest BCUT2D eigenvalue weighted by Crippen LogP contribution is 2.43. The third-order valence-electron chi connectivity index (χ3n) is 4.63. The Kier molecular flexibility index (Phi) is 4.23. The van der Waals surface area contributed by atoms with Crippen LogP contribution in [0, 0.1) is 0 Å². The minimum atomic E-state index is -0.526. The van der Waals surface area contributed by atoms with Crippen LogP contribution in [0.15, 0.2) is 47.2 Å². The van der Waals surface area contributed by atoms with Crippen molar-refractivity contribution in [1.29, 1.82) is 0 Å². The summed E-state index contributed by atoms with van der Waals surface area (Å²) in [6.07, 6.45) is 6.32. The van der Waals surface area contributed by atoms with E-state index < -0.39 is 5.60 Å². The number of hydrogen-bond acceptors (Lipinski definition) is 2. The topological polar surface area (TPSA) is 20.2 Å². The van der Waals surface area contributed by atoms with Crippen molar-refractivity contribution in [2.24, 2.45) is 0 Å². The second kappa shape index (κ2) is 6.11. The van der Waals surface area contributed by atoms with Crippen molar-refractivity contribution in [1.82, 2.24) is 0 Å². The maximum absolute atomic E-state index is 11.2. The highest BCUT2D eigenvalue weighted by atomic mass is 32.1. The summed E-state index contributed by atoms with van der Waals surface area (Å²) in [6, 6.07) is 12.7. The Morgan fingerprint density at radius 2 is 2.00 bits per heavy atom. The summed E-state index contributed by atoms with van der Waals surface area (Å²) in [4.78, 5) is 0. The van der Waals surface area contributed by atoms with Crippen LogP contribution in [0.5, 0.6) is 0 Å². The van der Waals surface area contributed by atoms with E-state index in [-0.39, 0.29) is 0 Å². The van der Waals surface area contributed by atoms with Gasteiger partial charge in [-0.1, -0.05) is 43.2 Å². The van der Waals surface area contributed by atoms with Crippen LogP contribution in [0.3, 0.4) is 0 Å². The Morgan fingerprint density at radius 1 is 1.15 bits per heavy atom. The molecule has 2 heteroatoms. The van der Waals surface area contributed by atoms with E-state index in [9.17, 15) is 5.11 Å². The van der Waals surface area contributed by atoms with Crippen LogP contribution in [0.1, 0.15) is 49.1 Å². The van der Waals surface area contributed by atoms with E-state index in [1.54, 1.807) is 11.3 Å². The zero-order valence-corrected chi connectivity index (χ0v) is 12.6. The molecule has 0 spiro atoms. The summed E-state index contributed by atoms with van der Waals surface area (Å²) in [7, 11) is 0. The smallest absolute Gasteiger partial charge is 0.0719 e. The van der Waals surface area contributed by atoms with Gasteiger partial charge < -0.3 is 5.11 Å². The lowest BCUT2D eigenvalue weighted by atomic mass is 9.70. The molecule has 1 aliphatic carbocycles. The van der Waals surface area contributed by atoms with Crippen molar-refractivity contribution in [2.45, 2.75) is 50.0 Å². The number of aryl methyl sites for hydroxylation is 1. The lowest BCUT2D eigenvalue weighted by Crippen LogP contribution is -2.39. The lowest BCUT2D eigenvalue weighted by Gasteiger charge is -2.40. The molecule has 1 aromatic heterocycles. The van der Waals surface area contributed by atoms with Gasteiger partial charge in [-0.15, -0.1) is 0 Å². The molecule has 1 saturated carbocycles. The number of hydrogen-bond donors (Lipinski definition) is 1. The predicted molar refractivity (Wildman–Crippen MR) is 85.2 cm³/mol. The van der Waals surface area contributed by atoms with Crippen LogP contribution < -0.4 is 0 Å². The van der Waals surface area contributed by atoms with Gasteiger partial charge in [-0.2, -0.15) is 11.3 Å². The summed E-state index contributed by atoms with van der Waals surface area (Å²) >= 11 is 1.74. The third kappa shape index (κ3) is 2.97. The van der Waals surface area contributed by atoms with Crippen LogP contribution in [0.2, 0.25) is 0 Å². The Hall–Kier alpha value is -1.12. The molecule has 1 nitrogen and oxygen atoms in total. The van der Waals surface area contributed by atoms with Crippen LogP contribution >= 0.6 is 11.3 Å². The molecule has 0 aliphatic heterocycles. The van der Waals surface area contributed by atoms with Crippen molar-refractivity contribution in [3.8, 4) is 0 Å². The quantitative estimate of drug-likeness (QED) is 0.858. The van der Waals surface area contributed by atoms with Crippen molar-refractivity contribution in [3.63, 3.8) is 0 Å². The standard InChI is InChI=1S/C18H22OS/c19-18(12-9-15-10-13-20-14-15)11-5-4-8-17(18)16-6-2-1-3-7-16/h1-3,6-7,10,13-14,17,19H,4-5,8-9,11-12H2. The SMILES string of the molecule is OC1(CCc2ccsc2)CCCCC1c1ccccc1. The molecule has 2 unspecified atom stereocenters. The van der Waals surface area contributed by atoms with E-state index in [2.05, 4.69) is 47.2 Å². The van der Waals surface area contributed by atoms with Crippen LogP contribution in [0.25, 0.3) is 0 Å². The maximum atomic E-state index is 11.2. The largest absolute Gasteiger partial charge is 0.389 e. The maximum Gasteiger partial charge on any atom is 0.0719 e. The van der Waals surface area contributed by atoms with Gasteiger partial charge in [0.25, 0.3) is 0 Å². The molecule has 3 rings (SSSR count). The van der Waals surface area contributed by atoms with E-state index in [0.29, 0.717) is 5.92 Å². The van der Waals surface area contributed by atoms with Gasteiger partial charge in [0.05, 0.1) is 5.60 Å². The summed E-state index contributed by atoms with van der Waals surface area (Å²) in [5, 5.41) is 15.5. The molecule has 1 fully saturated rings. The zero-order chi connectivity index (χ0) is 13.8. The summed E-state index contributed by atoms with van der Waals surface area (Å²) < 4.78 is 0. The highest BCUT2D eigenvalue weighted by Gasteiger charge is 2.39. The Bertz CT molecular complexity index is 520. The molecule has 1 N–H and O–H groups in total. The molecule has 2 atom stereocenters. The van der Waals surface area contributed by atoms with Crippen LogP contribution in [0.4, 0.5) is 0 Å². The van der Waals surface area contributed by atoms with Gasteiger partial charge in [0.2, 0.25) is 0 Å². The number of thiophene rings is 1. The Morgan fingerprint density at radius 3 is 2.75 bits per heavy atom. The predicted octanol–water partition coefficient (Wildman–Crippen LogP) is 4.77. The molecule has 1 aliphatic rings. The van der Waals surface area contributed by atoms with Crippen molar-refractivity contribution in [3.05, 3.63) is 58.3 Å². The van der Waals surface area contributed by atoms with E-state index >= 15 is 0 Å². The molecule has 1 aromatic carbocycles. The highest BCUT2D eigenvalue weighted by molar-refractivity contribution is 7.07. The minimum absolute atomic E-state index is 0.302. The first kappa shape index (κ1) is 13.8. The molecule has 0 saturated heterocycles. The zero-order valence-electron chi connectivity index (χ0n) is 11.8. The second-order valence-electron chi connectivity index (χ2n) is 5.94. The molecular weight excluding hydrogens is 264 g/mol. The van der Waals surface area contributed by atoms with E-state index in [1.165, 1.54) is 17.5 Å². The Balaban J connectivity index is 1.76. The fraction of sp³-hybridized carbons (Fsp3) is 0.444. The minimum Gasteiger partial charge on any atom is -0.389 e. The first-order valence-electron chi connectivity index (χ1n) is 7.56. The average Bonchev–Trinajstić information content (AvgIpc) is 3.00. The van der Waals surface area contributed by atoms with Gasteiger partial charge in [-0.05, 0) is 53.6 Å². The average molecular weight is 286 g/mol. The van der Waals surface area contributed by atoms with Crippen LogP contribution in [-0.2, 0) is 6.42 Å². The van der Waals surface area contributed by atoms with Gasteiger partial charge in [0.1, 0.15) is 0 Å². The second-order valence-corrected chi connectivity index (χ2v) is 6.72. The van der Waals surface area contributed by atoms with E-state index in [4.69, 9.17) is 0 Å². The van der Waals surface area contributed by atoms with Gasteiger partial charge in [0.15, 0.2) is 0 Å². The van der Waals surface area contributed by atoms with Crippen molar-refractivity contribution < 1.29 is 5.11 Å². The summed E-state index contributed by atoms with van der Waals surface area (Å²) in [6.45, 7) is 0. The van der Waals surface area contributed by atoms with E-state index in [0.717, 1.165) is 32.1 Å². The molecule has 1 heterocycles. The molecular formula is C18H22OS. The van der Waals surface area contributed by atoms with E-state index in [1.807, 2.05) is 0 Å². The monoisotopic (exact) mass is 286 g/mol. The molecule has 0 amide bonds. The Labute approximate surface area is 125 Å². The first-order chi connectivity index (χ1) is 9.78. The third-order valence-corrected chi connectivity index (χ3v) is 5.36. The van der Waals surface area contributed by atoms with Crippen molar-refractivity contribution >= 4 is 11.3 Å². The first-order valence-corrected chi connectivity index (χ1v) is 8.51. The van der Waals surface area contributed by atoms with Gasteiger partial charge in [-0.3, -0.25) is 0 Å². The molecule has 106 valence electrons.